The van der Waals surface area contributed by atoms with Crippen LogP contribution in [0.15, 0.2) is 30.3 Å². The zero-order chi connectivity index (χ0) is 28.9. The number of phenolic OH excluding ortho intramolecular Hbond substituents is 1. The Balaban J connectivity index is 1.73. The lowest BCUT2D eigenvalue weighted by Crippen LogP contribution is -2.56. The van der Waals surface area contributed by atoms with E-state index < -0.39 is 49.1 Å². The number of nitrogens with one attached hydrogen (secondary N) is 2. The largest absolute Gasteiger partial charge is 0.508 e. The van der Waals surface area contributed by atoms with Gasteiger partial charge in [-0.1, -0.05) is 0 Å². The van der Waals surface area contributed by atoms with Gasteiger partial charge in [0.25, 0.3) is 11.8 Å². The number of H-pyrrole nitrogens is 1. The van der Waals surface area contributed by atoms with Crippen molar-refractivity contribution in [3.05, 3.63) is 41.5 Å². The van der Waals surface area contributed by atoms with E-state index in [1.807, 2.05) is 0 Å². The summed E-state index contributed by atoms with van der Waals surface area (Å²) in [4.78, 5) is 29.9. The van der Waals surface area contributed by atoms with Gasteiger partial charge in [0, 0.05) is 33.1 Å². The molecule has 0 radical (unpaired) electrons. The van der Waals surface area contributed by atoms with Gasteiger partial charge >= 0.3 is 0 Å². The summed E-state index contributed by atoms with van der Waals surface area (Å²) in [5.41, 5.74) is 1.83. The van der Waals surface area contributed by atoms with Gasteiger partial charge in [-0.25, -0.2) is 0 Å². The van der Waals surface area contributed by atoms with Crippen LogP contribution >= 0.6 is 0 Å². The van der Waals surface area contributed by atoms with E-state index >= 15 is 0 Å². The standard InChI is InChI=1S/C28H25N3O10/c1-39-14-6-11-13(7-15(14)40-2)31(28-25(36)24(35)23(34)16(8-32)41-28)22-18(11)20-19(26(37)30-27(20)38)17-10-5-9(33)3-4-12(10)29-21(17)22/h3-7,16,23-25,28-29,32-36H,8H2,1-2H3,(H,30,37,38)/t16-,23-,24+,25-,28?/m1/s1. The number of fused-ring (bicyclic) bond motifs is 10. The maximum Gasteiger partial charge on any atom is 0.259 e. The van der Waals surface area contributed by atoms with E-state index in [2.05, 4.69) is 10.3 Å². The number of hydrogen-bond acceptors (Lipinski definition) is 10. The summed E-state index contributed by atoms with van der Waals surface area (Å²) >= 11 is 0. The van der Waals surface area contributed by atoms with Crippen LogP contribution in [-0.2, 0) is 4.74 Å². The molecule has 1 saturated heterocycles. The van der Waals surface area contributed by atoms with E-state index in [0.29, 0.717) is 55.1 Å². The molecular formula is C28H25N3O10. The quantitative estimate of drug-likeness (QED) is 0.155. The molecule has 2 aliphatic heterocycles. The van der Waals surface area contributed by atoms with Crippen LogP contribution in [0.4, 0.5) is 0 Å². The van der Waals surface area contributed by atoms with Gasteiger partial charge in [-0.05, 0) is 24.3 Å². The van der Waals surface area contributed by atoms with Gasteiger partial charge in [0.15, 0.2) is 17.7 Å². The molecule has 7 rings (SSSR count). The molecule has 212 valence electrons. The van der Waals surface area contributed by atoms with Crippen LogP contribution in [0.3, 0.4) is 0 Å². The molecule has 0 aliphatic carbocycles. The molecule has 13 nitrogen and oxygen atoms in total. The monoisotopic (exact) mass is 563 g/mol. The summed E-state index contributed by atoms with van der Waals surface area (Å²) < 4.78 is 18.6. The fourth-order valence-corrected chi connectivity index (χ4v) is 6.24. The normalized spacial score (nSPS) is 24.5. The average molecular weight is 564 g/mol. The third-order valence-corrected chi connectivity index (χ3v) is 8.08. The van der Waals surface area contributed by atoms with Crippen molar-refractivity contribution in [2.75, 3.05) is 20.8 Å². The second-order valence-corrected chi connectivity index (χ2v) is 10.2. The fraction of sp³-hybridized carbons (Fsp3) is 0.286. The van der Waals surface area contributed by atoms with Crippen molar-refractivity contribution in [2.45, 2.75) is 30.6 Å². The number of aromatic nitrogens is 2. The summed E-state index contributed by atoms with van der Waals surface area (Å²) in [6.07, 6.45) is -7.55. The van der Waals surface area contributed by atoms with Crippen molar-refractivity contribution < 1.29 is 49.3 Å². The number of nitrogens with zero attached hydrogens (tertiary/aromatic N) is 1. The minimum atomic E-state index is -1.69. The minimum Gasteiger partial charge on any atom is -0.508 e. The molecule has 5 atom stereocenters. The zero-order valence-electron chi connectivity index (χ0n) is 21.7. The summed E-state index contributed by atoms with van der Waals surface area (Å²) in [6.45, 7) is -0.650. The second kappa shape index (κ2) is 8.80. The van der Waals surface area contributed by atoms with E-state index in [1.165, 1.54) is 26.4 Å². The number of aromatic hydroxyl groups is 1. The van der Waals surface area contributed by atoms with Crippen molar-refractivity contribution in [1.29, 1.82) is 0 Å². The molecule has 0 saturated carbocycles. The van der Waals surface area contributed by atoms with E-state index in [9.17, 15) is 35.1 Å². The van der Waals surface area contributed by atoms with E-state index in [-0.39, 0.29) is 16.9 Å². The number of hydrogen-bond donors (Lipinski definition) is 7. The van der Waals surface area contributed by atoms with Crippen molar-refractivity contribution in [3.63, 3.8) is 0 Å². The number of carbonyl (C=O) groups is 2. The van der Waals surface area contributed by atoms with Crippen LogP contribution in [-0.4, -0.2) is 92.1 Å². The van der Waals surface area contributed by atoms with Crippen LogP contribution in [0.25, 0.3) is 43.6 Å². The highest BCUT2D eigenvalue weighted by Gasteiger charge is 2.46. The number of imide groups is 1. The van der Waals surface area contributed by atoms with Crippen molar-refractivity contribution in [2.24, 2.45) is 0 Å². The van der Waals surface area contributed by atoms with Crippen LogP contribution in [0.2, 0.25) is 0 Å². The lowest BCUT2D eigenvalue weighted by atomic mass is 9.96. The van der Waals surface area contributed by atoms with Gasteiger partial charge in [0.1, 0.15) is 30.2 Å². The number of aliphatic hydroxyl groups excluding tert-OH is 4. The number of aromatic amines is 1. The zero-order valence-corrected chi connectivity index (χ0v) is 21.7. The smallest absolute Gasteiger partial charge is 0.259 e. The molecule has 4 heterocycles. The first-order chi connectivity index (χ1) is 19.7. The maximum atomic E-state index is 13.4. The Labute approximate surface area is 230 Å². The molecule has 41 heavy (non-hydrogen) atoms. The van der Waals surface area contributed by atoms with E-state index in [0.717, 1.165) is 0 Å². The third kappa shape index (κ3) is 3.29. The van der Waals surface area contributed by atoms with Gasteiger partial charge in [0.05, 0.1) is 48.5 Å². The number of aliphatic hydroxyl groups is 4. The Kier molecular flexibility index (Phi) is 5.48. The van der Waals surface area contributed by atoms with Crippen LogP contribution in [0.5, 0.6) is 17.2 Å². The number of methoxy groups -OCH3 is 2. The highest BCUT2D eigenvalue weighted by molar-refractivity contribution is 6.39. The van der Waals surface area contributed by atoms with Gasteiger partial charge in [-0.3, -0.25) is 14.9 Å². The lowest BCUT2D eigenvalue weighted by Gasteiger charge is -2.41. The molecule has 3 aromatic carbocycles. The molecule has 0 bridgehead atoms. The molecule has 0 spiro atoms. The number of benzene rings is 3. The topological polar surface area (TPSA) is 196 Å². The molecule has 7 N–H and O–H groups in total. The first-order valence-corrected chi connectivity index (χ1v) is 12.8. The maximum absolute atomic E-state index is 13.4. The summed E-state index contributed by atoms with van der Waals surface area (Å²) in [5.74, 6) is -0.679. The Morgan fingerprint density at radius 2 is 1.59 bits per heavy atom. The Hall–Kier alpha value is -4.40. The molecule has 2 aromatic heterocycles. The second-order valence-electron chi connectivity index (χ2n) is 10.2. The van der Waals surface area contributed by atoms with Crippen molar-refractivity contribution in [3.8, 4) is 17.2 Å². The summed E-state index contributed by atoms with van der Waals surface area (Å²) in [5, 5.41) is 56.5. The molecular weight excluding hydrogens is 538 g/mol. The lowest BCUT2D eigenvalue weighted by molar-refractivity contribution is -0.249. The van der Waals surface area contributed by atoms with Gasteiger partial charge in [-0.2, -0.15) is 0 Å². The van der Waals surface area contributed by atoms with Crippen molar-refractivity contribution in [1.82, 2.24) is 14.9 Å². The minimum absolute atomic E-state index is 0.0547. The first kappa shape index (κ1) is 25.6. The Morgan fingerprint density at radius 1 is 0.902 bits per heavy atom. The molecule has 1 unspecified atom stereocenters. The molecule has 13 heteroatoms. The molecule has 2 amide bonds. The molecule has 1 fully saturated rings. The average Bonchev–Trinajstić information content (AvgIpc) is 3.59. The fourth-order valence-electron chi connectivity index (χ4n) is 6.24. The Morgan fingerprint density at radius 3 is 2.27 bits per heavy atom. The summed E-state index contributed by atoms with van der Waals surface area (Å²) in [6, 6.07) is 7.82. The highest BCUT2D eigenvalue weighted by atomic mass is 16.6. The van der Waals surface area contributed by atoms with Crippen LogP contribution in [0, 0.1) is 0 Å². The molecule has 2 aliphatic rings. The number of phenols is 1. The van der Waals surface area contributed by atoms with E-state index in [4.69, 9.17) is 14.2 Å². The van der Waals surface area contributed by atoms with Gasteiger partial charge in [-0.15, -0.1) is 0 Å². The van der Waals surface area contributed by atoms with Crippen LogP contribution in [0.1, 0.15) is 26.9 Å². The number of ether oxygens (including phenoxy) is 3. The number of amides is 2. The van der Waals surface area contributed by atoms with Crippen LogP contribution < -0.4 is 14.8 Å². The highest BCUT2D eigenvalue weighted by Crippen LogP contribution is 2.48. The van der Waals surface area contributed by atoms with E-state index in [1.54, 1.807) is 22.8 Å². The first-order valence-electron chi connectivity index (χ1n) is 12.8. The van der Waals surface area contributed by atoms with Gasteiger partial charge < -0.3 is 49.3 Å². The molecule has 5 aromatic rings. The summed E-state index contributed by atoms with van der Waals surface area (Å²) in [7, 11) is 2.89. The predicted molar refractivity (Wildman–Crippen MR) is 144 cm³/mol. The number of rotatable bonds is 4. The predicted octanol–water partition coefficient (Wildman–Crippen LogP) is 1.01. The van der Waals surface area contributed by atoms with Crippen molar-refractivity contribution >= 4 is 55.4 Å². The SMILES string of the molecule is COc1cc2c3c4c(c5c6cc(O)ccc6[nH]c5c3n(C3O[C@H](CO)[C@@H](O)[C@H](O)[C@H]3O)c2cc1OC)C(=O)NC4=O. The number of carbonyl (C=O) groups excluding carboxylic acids is 2. The Bertz CT molecular complexity index is 1940. The van der Waals surface area contributed by atoms with Gasteiger partial charge in [0.2, 0.25) is 0 Å². The third-order valence-electron chi connectivity index (χ3n) is 8.08.